The van der Waals surface area contributed by atoms with Gasteiger partial charge in [0.15, 0.2) is 0 Å². The van der Waals surface area contributed by atoms with Crippen molar-refractivity contribution in [3.63, 3.8) is 0 Å². The largest absolute Gasteiger partial charge is 0.383 e. The number of nitrogen functional groups attached to an aromatic ring is 1. The SMILES string of the molecule is Cc1c(N)ncnc1NCc1ccccc1F. The fourth-order valence-electron chi connectivity index (χ4n) is 1.46. The van der Waals surface area contributed by atoms with Crippen molar-refractivity contribution in [1.82, 2.24) is 9.97 Å². The third-order valence-corrected chi connectivity index (χ3v) is 2.53. The molecule has 0 atom stereocenters. The Kier molecular flexibility index (Phi) is 3.18. The molecule has 2 rings (SSSR count). The summed E-state index contributed by atoms with van der Waals surface area (Å²) in [5.41, 5.74) is 7.01. The molecule has 1 aromatic carbocycles. The van der Waals surface area contributed by atoms with E-state index >= 15 is 0 Å². The van der Waals surface area contributed by atoms with Crippen LogP contribution in [0.15, 0.2) is 30.6 Å². The summed E-state index contributed by atoms with van der Waals surface area (Å²) in [6.45, 7) is 2.18. The monoisotopic (exact) mass is 232 g/mol. The molecule has 2 aromatic rings. The summed E-state index contributed by atoms with van der Waals surface area (Å²) in [7, 11) is 0. The van der Waals surface area contributed by atoms with Crippen molar-refractivity contribution in [3.8, 4) is 0 Å². The number of halogens is 1. The lowest BCUT2D eigenvalue weighted by Gasteiger charge is -2.09. The second-order valence-corrected chi connectivity index (χ2v) is 3.68. The summed E-state index contributed by atoms with van der Waals surface area (Å²) < 4.78 is 13.4. The van der Waals surface area contributed by atoms with Crippen molar-refractivity contribution >= 4 is 11.6 Å². The van der Waals surface area contributed by atoms with Gasteiger partial charge in [-0.15, -0.1) is 0 Å². The number of nitrogens with zero attached hydrogens (tertiary/aromatic N) is 2. The van der Waals surface area contributed by atoms with Crippen LogP contribution in [0.5, 0.6) is 0 Å². The Balaban J connectivity index is 2.13. The summed E-state index contributed by atoms with van der Waals surface area (Å²) in [4.78, 5) is 7.92. The van der Waals surface area contributed by atoms with Gasteiger partial charge >= 0.3 is 0 Å². The minimum atomic E-state index is -0.236. The van der Waals surface area contributed by atoms with Gasteiger partial charge in [-0.3, -0.25) is 0 Å². The maximum absolute atomic E-state index is 13.4. The quantitative estimate of drug-likeness (QED) is 0.850. The molecular formula is C12H13FN4. The van der Waals surface area contributed by atoms with E-state index < -0.39 is 0 Å². The highest BCUT2D eigenvalue weighted by molar-refractivity contribution is 5.53. The Hall–Kier alpha value is -2.17. The number of anilines is 2. The molecule has 0 spiro atoms. The van der Waals surface area contributed by atoms with E-state index in [1.807, 2.05) is 6.92 Å². The van der Waals surface area contributed by atoms with Gasteiger partial charge < -0.3 is 11.1 Å². The van der Waals surface area contributed by atoms with Gasteiger partial charge in [0.05, 0.1) is 0 Å². The lowest BCUT2D eigenvalue weighted by molar-refractivity contribution is 0.613. The van der Waals surface area contributed by atoms with Gasteiger partial charge in [-0.1, -0.05) is 18.2 Å². The fraction of sp³-hybridized carbons (Fsp3) is 0.167. The first-order valence-corrected chi connectivity index (χ1v) is 5.23. The first-order chi connectivity index (χ1) is 8.18. The van der Waals surface area contributed by atoms with Crippen molar-refractivity contribution in [1.29, 1.82) is 0 Å². The van der Waals surface area contributed by atoms with Crippen LogP contribution in [0.2, 0.25) is 0 Å². The molecular weight excluding hydrogens is 219 g/mol. The van der Waals surface area contributed by atoms with E-state index in [9.17, 15) is 4.39 Å². The van der Waals surface area contributed by atoms with Crippen molar-refractivity contribution in [3.05, 3.63) is 47.5 Å². The average molecular weight is 232 g/mol. The van der Waals surface area contributed by atoms with Gasteiger partial charge in [0.2, 0.25) is 0 Å². The molecule has 0 aliphatic rings. The molecule has 3 N–H and O–H groups in total. The van der Waals surface area contributed by atoms with Crippen LogP contribution < -0.4 is 11.1 Å². The second kappa shape index (κ2) is 4.78. The zero-order valence-electron chi connectivity index (χ0n) is 9.44. The normalized spacial score (nSPS) is 10.2. The van der Waals surface area contributed by atoms with E-state index in [1.165, 1.54) is 12.4 Å². The average Bonchev–Trinajstić information content (AvgIpc) is 2.33. The number of aromatic nitrogens is 2. The lowest BCUT2D eigenvalue weighted by atomic mass is 10.2. The molecule has 4 nitrogen and oxygen atoms in total. The molecule has 0 bridgehead atoms. The van der Waals surface area contributed by atoms with Crippen LogP contribution in [-0.2, 0) is 6.54 Å². The number of rotatable bonds is 3. The number of benzene rings is 1. The third-order valence-electron chi connectivity index (χ3n) is 2.53. The van der Waals surface area contributed by atoms with Gasteiger partial charge in [0, 0.05) is 17.7 Å². The third kappa shape index (κ3) is 2.50. The Morgan fingerprint density at radius 1 is 1.29 bits per heavy atom. The van der Waals surface area contributed by atoms with Crippen LogP contribution in [0.3, 0.4) is 0 Å². The molecule has 0 aliphatic heterocycles. The number of nitrogens with one attached hydrogen (secondary N) is 1. The lowest BCUT2D eigenvalue weighted by Crippen LogP contribution is -2.07. The van der Waals surface area contributed by atoms with E-state index in [2.05, 4.69) is 15.3 Å². The van der Waals surface area contributed by atoms with Crippen LogP contribution in [-0.4, -0.2) is 9.97 Å². The van der Waals surface area contributed by atoms with Gasteiger partial charge in [0.25, 0.3) is 0 Å². The van der Waals surface area contributed by atoms with Crippen LogP contribution in [0.25, 0.3) is 0 Å². The van der Waals surface area contributed by atoms with Crippen LogP contribution in [0.1, 0.15) is 11.1 Å². The zero-order valence-corrected chi connectivity index (χ0v) is 9.44. The highest BCUT2D eigenvalue weighted by Gasteiger charge is 2.05. The van der Waals surface area contributed by atoms with Gasteiger partial charge in [-0.2, -0.15) is 0 Å². The number of nitrogens with two attached hydrogens (primary N) is 1. The maximum Gasteiger partial charge on any atom is 0.134 e. The molecule has 1 heterocycles. The van der Waals surface area contributed by atoms with Crippen LogP contribution in [0, 0.1) is 12.7 Å². The smallest absolute Gasteiger partial charge is 0.134 e. The Morgan fingerprint density at radius 3 is 2.82 bits per heavy atom. The summed E-state index contributed by atoms with van der Waals surface area (Å²) >= 11 is 0. The molecule has 5 heteroatoms. The summed E-state index contributed by atoms with van der Waals surface area (Å²) in [5, 5.41) is 3.04. The highest BCUT2D eigenvalue weighted by atomic mass is 19.1. The Bertz CT molecular complexity index is 528. The molecule has 17 heavy (non-hydrogen) atoms. The second-order valence-electron chi connectivity index (χ2n) is 3.68. The molecule has 0 amide bonds. The standard InChI is InChI=1S/C12H13FN4/c1-8-11(14)16-7-17-12(8)15-6-9-4-2-3-5-10(9)13/h2-5,7H,6H2,1H3,(H3,14,15,16,17). The van der Waals surface area contributed by atoms with Gasteiger partial charge in [-0.25, -0.2) is 14.4 Å². The number of hydrogen-bond donors (Lipinski definition) is 2. The van der Waals surface area contributed by atoms with E-state index in [0.717, 1.165) is 5.56 Å². The molecule has 0 fully saturated rings. The molecule has 0 aliphatic carbocycles. The minimum Gasteiger partial charge on any atom is -0.383 e. The van der Waals surface area contributed by atoms with Crippen molar-refractivity contribution in [2.75, 3.05) is 11.1 Å². The molecule has 1 aromatic heterocycles. The molecule has 0 saturated carbocycles. The first kappa shape index (κ1) is 11.3. The predicted octanol–water partition coefficient (Wildman–Crippen LogP) is 2.12. The van der Waals surface area contributed by atoms with E-state index in [4.69, 9.17) is 5.73 Å². The Morgan fingerprint density at radius 2 is 2.06 bits per heavy atom. The molecule has 0 saturated heterocycles. The minimum absolute atomic E-state index is 0.236. The van der Waals surface area contributed by atoms with Crippen molar-refractivity contribution in [2.45, 2.75) is 13.5 Å². The first-order valence-electron chi connectivity index (χ1n) is 5.23. The predicted molar refractivity (Wildman–Crippen MR) is 64.9 cm³/mol. The Labute approximate surface area is 98.7 Å². The van der Waals surface area contributed by atoms with Crippen LogP contribution in [0.4, 0.5) is 16.0 Å². The van der Waals surface area contributed by atoms with Gasteiger partial charge in [0.1, 0.15) is 23.8 Å². The highest BCUT2D eigenvalue weighted by Crippen LogP contribution is 2.16. The molecule has 88 valence electrons. The zero-order chi connectivity index (χ0) is 12.3. The van der Waals surface area contributed by atoms with E-state index in [0.29, 0.717) is 23.7 Å². The van der Waals surface area contributed by atoms with Crippen molar-refractivity contribution in [2.24, 2.45) is 0 Å². The fourth-order valence-corrected chi connectivity index (χ4v) is 1.46. The number of hydrogen-bond acceptors (Lipinski definition) is 4. The van der Waals surface area contributed by atoms with Crippen molar-refractivity contribution < 1.29 is 4.39 Å². The van der Waals surface area contributed by atoms with E-state index in [1.54, 1.807) is 18.2 Å². The van der Waals surface area contributed by atoms with Crippen LogP contribution >= 0.6 is 0 Å². The molecule has 0 unspecified atom stereocenters. The summed E-state index contributed by atoms with van der Waals surface area (Å²) in [5.74, 6) is 0.816. The maximum atomic E-state index is 13.4. The summed E-state index contributed by atoms with van der Waals surface area (Å²) in [6, 6.07) is 6.61. The topological polar surface area (TPSA) is 63.8 Å². The van der Waals surface area contributed by atoms with Gasteiger partial charge in [-0.05, 0) is 13.0 Å². The summed E-state index contributed by atoms with van der Waals surface area (Å²) in [6.07, 6.45) is 1.38. The molecule has 0 radical (unpaired) electrons. The van der Waals surface area contributed by atoms with E-state index in [-0.39, 0.29) is 5.82 Å².